The summed E-state index contributed by atoms with van der Waals surface area (Å²) in [5.74, 6) is 1.02. The molecule has 0 amide bonds. The van der Waals surface area contributed by atoms with E-state index in [4.69, 9.17) is 0 Å². The van der Waals surface area contributed by atoms with Crippen LogP contribution in [0.4, 0.5) is 5.82 Å². The maximum absolute atomic E-state index is 4.57. The third kappa shape index (κ3) is 4.03. The van der Waals surface area contributed by atoms with E-state index in [1.807, 2.05) is 30.7 Å². The SMILES string of the molecule is CCNCc1ccc(N(CC)Cc2ccncc2)nc1. The Morgan fingerprint density at radius 1 is 1.05 bits per heavy atom. The molecule has 1 N–H and O–H groups in total. The summed E-state index contributed by atoms with van der Waals surface area (Å²) in [6.07, 6.45) is 5.61. The van der Waals surface area contributed by atoms with Gasteiger partial charge >= 0.3 is 0 Å². The van der Waals surface area contributed by atoms with Gasteiger partial charge in [-0.3, -0.25) is 4.98 Å². The van der Waals surface area contributed by atoms with E-state index in [1.165, 1.54) is 11.1 Å². The van der Waals surface area contributed by atoms with E-state index in [-0.39, 0.29) is 0 Å². The van der Waals surface area contributed by atoms with Gasteiger partial charge in [-0.1, -0.05) is 13.0 Å². The highest BCUT2D eigenvalue weighted by Gasteiger charge is 2.06. The van der Waals surface area contributed by atoms with Crippen LogP contribution < -0.4 is 10.2 Å². The first-order chi connectivity index (χ1) is 9.83. The molecule has 4 heteroatoms. The van der Waals surface area contributed by atoms with E-state index in [1.54, 1.807) is 0 Å². The lowest BCUT2D eigenvalue weighted by atomic mass is 10.2. The molecule has 0 fully saturated rings. The van der Waals surface area contributed by atoms with Gasteiger partial charge in [0.1, 0.15) is 5.82 Å². The van der Waals surface area contributed by atoms with E-state index in [0.29, 0.717) is 0 Å². The average Bonchev–Trinajstić information content (AvgIpc) is 2.52. The number of rotatable bonds is 7. The molecule has 106 valence electrons. The molecule has 0 aliphatic heterocycles. The van der Waals surface area contributed by atoms with Crippen molar-refractivity contribution in [2.75, 3.05) is 18.0 Å². The lowest BCUT2D eigenvalue weighted by molar-refractivity contribution is 0.723. The van der Waals surface area contributed by atoms with Crippen LogP contribution in [0.3, 0.4) is 0 Å². The second kappa shape index (κ2) is 7.60. The van der Waals surface area contributed by atoms with Crippen LogP contribution in [-0.4, -0.2) is 23.1 Å². The van der Waals surface area contributed by atoms with Crippen molar-refractivity contribution in [3.8, 4) is 0 Å². The van der Waals surface area contributed by atoms with Crippen LogP contribution in [0.25, 0.3) is 0 Å². The van der Waals surface area contributed by atoms with Gasteiger partial charge in [-0.05, 0) is 42.8 Å². The second-order valence-electron chi connectivity index (χ2n) is 4.67. The first kappa shape index (κ1) is 14.5. The molecule has 2 heterocycles. The molecule has 0 bridgehead atoms. The van der Waals surface area contributed by atoms with Crippen molar-refractivity contribution in [1.82, 2.24) is 15.3 Å². The third-order valence-corrected chi connectivity index (χ3v) is 3.22. The summed E-state index contributed by atoms with van der Waals surface area (Å²) in [5, 5.41) is 3.31. The predicted molar refractivity (Wildman–Crippen MR) is 82.6 cm³/mol. The van der Waals surface area contributed by atoms with Gasteiger partial charge in [0.2, 0.25) is 0 Å². The number of nitrogens with one attached hydrogen (secondary N) is 1. The van der Waals surface area contributed by atoms with Gasteiger partial charge in [0, 0.05) is 38.2 Å². The summed E-state index contributed by atoms with van der Waals surface area (Å²) in [4.78, 5) is 10.9. The van der Waals surface area contributed by atoms with Crippen molar-refractivity contribution >= 4 is 5.82 Å². The molecule has 0 saturated carbocycles. The van der Waals surface area contributed by atoms with Crippen LogP contribution in [-0.2, 0) is 13.1 Å². The highest BCUT2D eigenvalue weighted by Crippen LogP contribution is 2.14. The van der Waals surface area contributed by atoms with Gasteiger partial charge in [-0.2, -0.15) is 0 Å². The van der Waals surface area contributed by atoms with Crippen LogP contribution in [0.15, 0.2) is 42.9 Å². The predicted octanol–water partition coefficient (Wildman–Crippen LogP) is 2.61. The monoisotopic (exact) mass is 270 g/mol. The van der Waals surface area contributed by atoms with E-state index in [0.717, 1.165) is 32.0 Å². The normalized spacial score (nSPS) is 10.5. The minimum atomic E-state index is 0.860. The Morgan fingerprint density at radius 3 is 2.45 bits per heavy atom. The number of nitrogens with zero attached hydrogens (tertiary/aromatic N) is 3. The van der Waals surface area contributed by atoms with E-state index >= 15 is 0 Å². The van der Waals surface area contributed by atoms with E-state index < -0.39 is 0 Å². The summed E-state index contributed by atoms with van der Waals surface area (Å²) in [5.41, 5.74) is 2.47. The number of pyridine rings is 2. The minimum Gasteiger partial charge on any atom is -0.353 e. The number of anilines is 1. The second-order valence-corrected chi connectivity index (χ2v) is 4.67. The van der Waals surface area contributed by atoms with Crippen LogP contribution in [0.5, 0.6) is 0 Å². The van der Waals surface area contributed by atoms with Crippen LogP contribution in [0.1, 0.15) is 25.0 Å². The Kier molecular flexibility index (Phi) is 5.50. The van der Waals surface area contributed by atoms with Crippen molar-refractivity contribution in [2.45, 2.75) is 26.9 Å². The Balaban J connectivity index is 2.04. The van der Waals surface area contributed by atoms with Crippen molar-refractivity contribution in [3.05, 3.63) is 54.0 Å². The Morgan fingerprint density at radius 2 is 1.85 bits per heavy atom. The highest BCUT2D eigenvalue weighted by atomic mass is 15.2. The first-order valence-corrected chi connectivity index (χ1v) is 7.13. The zero-order valence-electron chi connectivity index (χ0n) is 12.2. The standard InChI is InChI=1S/C16H22N4/c1-3-17-11-15-5-6-16(19-12-15)20(4-2)13-14-7-9-18-10-8-14/h5-10,12,17H,3-4,11,13H2,1-2H3. The lowest BCUT2D eigenvalue weighted by Gasteiger charge is -2.22. The zero-order chi connectivity index (χ0) is 14.2. The van der Waals surface area contributed by atoms with Crippen LogP contribution in [0.2, 0.25) is 0 Å². The molecule has 4 nitrogen and oxygen atoms in total. The Hall–Kier alpha value is -1.94. The van der Waals surface area contributed by atoms with Gasteiger partial charge < -0.3 is 10.2 Å². The van der Waals surface area contributed by atoms with Crippen molar-refractivity contribution in [2.24, 2.45) is 0 Å². The maximum Gasteiger partial charge on any atom is 0.128 e. The number of hydrogen-bond acceptors (Lipinski definition) is 4. The van der Waals surface area contributed by atoms with Gasteiger partial charge in [-0.25, -0.2) is 4.98 Å². The van der Waals surface area contributed by atoms with Crippen LogP contribution >= 0.6 is 0 Å². The largest absolute Gasteiger partial charge is 0.353 e. The van der Waals surface area contributed by atoms with Crippen molar-refractivity contribution in [3.63, 3.8) is 0 Å². The topological polar surface area (TPSA) is 41.0 Å². The third-order valence-electron chi connectivity index (χ3n) is 3.22. The summed E-state index contributed by atoms with van der Waals surface area (Å²) in [6.45, 7) is 7.90. The number of hydrogen-bond donors (Lipinski definition) is 1. The van der Waals surface area contributed by atoms with Crippen molar-refractivity contribution in [1.29, 1.82) is 0 Å². The lowest BCUT2D eigenvalue weighted by Crippen LogP contribution is -2.23. The Labute approximate surface area is 120 Å². The first-order valence-electron chi connectivity index (χ1n) is 7.13. The van der Waals surface area contributed by atoms with Gasteiger partial charge in [0.15, 0.2) is 0 Å². The molecule has 2 aromatic heterocycles. The molecule has 0 aromatic carbocycles. The molecule has 0 unspecified atom stereocenters. The molecule has 0 aliphatic carbocycles. The van der Waals surface area contributed by atoms with Crippen molar-refractivity contribution < 1.29 is 0 Å². The molecule has 0 atom stereocenters. The molecule has 20 heavy (non-hydrogen) atoms. The average molecular weight is 270 g/mol. The summed E-state index contributed by atoms with van der Waals surface area (Å²) in [6, 6.07) is 8.32. The molecule has 2 aromatic rings. The minimum absolute atomic E-state index is 0.860. The fourth-order valence-corrected chi connectivity index (χ4v) is 2.04. The molecule has 2 rings (SSSR count). The zero-order valence-corrected chi connectivity index (χ0v) is 12.2. The molecule has 0 saturated heterocycles. The molecular weight excluding hydrogens is 248 g/mol. The quantitative estimate of drug-likeness (QED) is 0.839. The van der Waals surface area contributed by atoms with E-state index in [2.05, 4.69) is 46.2 Å². The summed E-state index contributed by atoms with van der Waals surface area (Å²) < 4.78 is 0. The fraction of sp³-hybridized carbons (Fsp3) is 0.375. The summed E-state index contributed by atoms with van der Waals surface area (Å²) >= 11 is 0. The van der Waals surface area contributed by atoms with Crippen LogP contribution in [0, 0.1) is 0 Å². The Bertz CT molecular complexity index is 496. The smallest absolute Gasteiger partial charge is 0.128 e. The highest BCUT2D eigenvalue weighted by molar-refractivity contribution is 5.40. The maximum atomic E-state index is 4.57. The van der Waals surface area contributed by atoms with E-state index in [9.17, 15) is 0 Å². The van der Waals surface area contributed by atoms with Gasteiger partial charge in [0.25, 0.3) is 0 Å². The molecule has 0 radical (unpaired) electrons. The molecule has 0 spiro atoms. The van der Waals surface area contributed by atoms with Gasteiger partial charge in [0.05, 0.1) is 0 Å². The molecular formula is C16H22N4. The number of aromatic nitrogens is 2. The summed E-state index contributed by atoms with van der Waals surface area (Å²) in [7, 11) is 0. The van der Waals surface area contributed by atoms with Gasteiger partial charge in [-0.15, -0.1) is 0 Å². The fourth-order valence-electron chi connectivity index (χ4n) is 2.04. The molecule has 0 aliphatic rings.